The van der Waals surface area contributed by atoms with Gasteiger partial charge in [0.1, 0.15) is 5.75 Å². The zero-order valence-corrected chi connectivity index (χ0v) is 12.4. The Balaban J connectivity index is 1.57. The molecule has 104 valence electrons. The van der Waals surface area contributed by atoms with Crippen molar-refractivity contribution in [3.8, 4) is 5.75 Å². The first kappa shape index (κ1) is 13.3. The van der Waals surface area contributed by atoms with E-state index >= 15 is 0 Å². The largest absolute Gasteiger partial charge is 0.496 e. The van der Waals surface area contributed by atoms with Gasteiger partial charge in [0.25, 0.3) is 0 Å². The number of likely N-dealkylation sites (tertiary alicyclic amines) is 1. The molecule has 1 aromatic carbocycles. The van der Waals surface area contributed by atoms with Gasteiger partial charge in [-0.2, -0.15) is 0 Å². The van der Waals surface area contributed by atoms with Crippen LogP contribution in [0.15, 0.2) is 24.3 Å². The second kappa shape index (κ2) is 5.35. The topological polar surface area (TPSA) is 21.7 Å². The third kappa shape index (κ3) is 2.62. The van der Waals surface area contributed by atoms with Crippen molar-refractivity contribution >= 4 is 11.8 Å². The van der Waals surface area contributed by atoms with Crippen LogP contribution in [-0.4, -0.2) is 48.8 Å². The van der Waals surface area contributed by atoms with Crippen molar-refractivity contribution in [1.29, 1.82) is 0 Å². The number of nitrogens with zero attached hydrogens (tertiary/aromatic N) is 1. The van der Waals surface area contributed by atoms with Crippen LogP contribution in [0.3, 0.4) is 0 Å². The Labute approximate surface area is 119 Å². The van der Waals surface area contributed by atoms with Crippen LogP contribution in [-0.2, 0) is 11.3 Å². The maximum atomic E-state index is 5.47. The van der Waals surface area contributed by atoms with Gasteiger partial charge >= 0.3 is 0 Å². The monoisotopic (exact) mass is 279 g/mol. The molecule has 0 aromatic heterocycles. The quantitative estimate of drug-likeness (QED) is 0.843. The lowest BCUT2D eigenvalue weighted by Crippen LogP contribution is -2.58. The molecular weight excluding hydrogens is 258 g/mol. The number of hydrogen-bond donors (Lipinski definition) is 0. The highest BCUT2D eigenvalue weighted by atomic mass is 32.2. The lowest BCUT2D eigenvalue weighted by atomic mass is 9.92. The van der Waals surface area contributed by atoms with E-state index in [9.17, 15) is 0 Å². The Kier molecular flexibility index (Phi) is 3.74. The number of para-hydroxylation sites is 1. The van der Waals surface area contributed by atoms with Crippen molar-refractivity contribution in [3.63, 3.8) is 0 Å². The molecule has 4 heteroatoms. The number of hydrogen-bond acceptors (Lipinski definition) is 4. The molecule has 0 N–H and O–H groups in total. The van der Waals surface area contributed by atoms with Crippen LogP contribution in [0.25, 0.3) is 0 Å². The number of rotatable bonds is 4. The number of ether oxygens (including phenoxy) is 2. The van der Waals surface area contributed by atoms with Gasteiger partial charge in [-0.25, -0.2) is 0 Å². The van der Waals surface area contributed by atoms with Gasteiger partial charge in [-0.3, -0.25) is 4.90 Å². The van der Waals surface area contributed by atoms with Crippen molar-refractivity contribution in [3.05, 3.63) is 29.8 Å². The fourth-order valence-electron chi connectivity index (χ4n) is 3.13. The van der Waals surface area contributed by atoms with Crippen molar-refractivity contribution in [1.82, 2.24) is 4.90 Å². The molecule has 19 heavy (non-hydrogen) atoms. The lowest BCUT2D eigenvalue weighted by Gasteiger charge is -2.47. The fraction of sp³-hybridized carbons (Fsp3) is 0.600. The summed E-state index contributed by atoms with van der Waals surface area (Å²) < 4.78 is 11.3. The molecule has 1 aromatic rings. The first-order valence-corrected chi connectivity index (χ1v) is 7.74. The summed E-state index contributed by atoms with van der Waals surface area (Å²) >= 11 is 2.09. The van der Waals surface area contributed by atoms with E-state index in [-0.39, 0.29) is 0 Å². The average Bonchev–Trinajstić information content (AvgIpc) is 2.83. The zero-order chi connectivity index (χ0) is 13.3. The number of thioether (sulfide) groups is 1. The van der Waals surface area contributed by atoms with Crippen LogP contribution < -0.4 is 4.74 Å². The van der Waals surface area contributed by atoms with E-state index in [1.165, 1.54) is 25.1 Å². The molecule has 2 aliphatic rings. The minimum atomic E-state index is 0.457. The average molecular weight is 279 g/mol. The predicted octanol–water partition coefficient (Wildman–Crippen LogP) is 2.40. The van der Waals surface area contributed by atoms with Crippen molar-refractivity contribution in [2.75, 3.05) is 33.1 Å². The Morgan fingerprint density at radius 1 is 1.32 bits per heavy atom. The number of benzene rings is 1. The fourth-order valence-corrected chi connectivity index (χ4v) is 4.77. The summed E-state index contributed by atoms with van der Waals surface area (Å²) in [5.41, 5.74) is 1.28. The van der Waals surface area contributed by atoms with Crippen LogP contribution in [0.1, 0.15) is 12.0 Å². The second-order valence-corrected chi connectivity index (χ2v) is 7.00. The summed E-state index contributed by atoms with van der Waals surface area (Å²) in [6.45, 7) is 3.34. The highest BCUT2D eigenvalue weighted by Crippen LogP contribution is 2.46. The van der Waals surface area contributed by atoms with E-state index in [2.05, 4.69) is 28.8 Å². The van der Waals surface area contributed by atoms with Gasteiger partial charge < -0.3 is 9.47 Å². The molecule has 0 aliphatic carbocycles. The highest BCUT2D eigenvalue weighted by molar-refractivity contribution is 8.01. The zero-order valence-electron chi connectivity index (χ0n) is 11.6. The Bertz CT molecular complexity index is 446. The van der Waals surface area contributed by atoms with Crippen molar-refractivity contribution < 1.29 is 9.47 Å². The molecule has 3 nitrogen and oxygen atoms in total. The molecule has 0 amide bonds. The standard InChI is InChI=1S/C15H21NO2S/c1-17-13-7-15(19-9-13)10-16(11-15)8-12-5-3-4-6-14(12)18-2/h3-6,13H,7-11H2,1-2H3/t13-/m1/s1. The van der Waals surface area contributed by atoms with Gasteiger partial charge in [0, 0.05) is 42.8 Å². The van der Waals surface area contributed by atoms with Crippen LogP contribution >= 0.6 is 11.8 Å². The van der Waals surface area contributed by atoms with E-state index in [1.807, 2.05) is 19.2 Å². The molecule has 0 unspecified atom stereocenters. The SMILES string of the molecule is COc1ccccc1CN1CC2(C[C@@H](OC)CS2)C1. The third-order valence-corrected chi connectivity index (χ3v) is 5.69. The van der Waals surface area contributed by atoms with Gasteiger partial charge in [-0.1, -0.05) is 18.2 Å². The maximum absolute atomic E-state index is 5.47. The molecule has 2 heterocycles. The summed E-state index contributed by atoms with van der Waals surface area (Å²) in [7, 11) is 3.57. The molecule has 2 fully saturated rings. The van der Waals surface area contributed by atoms with Gasteiger partial charge in [0.15, 0.2) is 0 Å². The minimum Gasteiger partial charge on any atom is -0.496 e. The van der Waals surface area contributed by atoms with E-state index in [4.69, 9.17) is 9.47 Å². The van der Waals surface area contributed by atoms with Gasteiger partial charge in [-0.05, 0) is 12.5 Å². The summed E-state index contributed by atoms with van der Waals surface area (Å²) in [6, 6.07) is 8.30. The number of methoxy groups -OCH3 is 2. The minimum absolute atomic E-state index is 0.457. The lowest BCUT2D eigenvalue weighted by molar-refractivity contribution is 0.0627. The Morgan fingerprint density at radius 2 is 2.11 bits per heavy atom. The van der Waals surface area contributed by atoms with E-state index in [1.54, 1.807) is 7.11 Å². The smallest absolute Gasteiger partial charge is 0.123 e. The molecule has 2 aliphatic heterocycles. The van der Waals surface area contributed by atoms with Crippen molar-refractivity contribution in [2.45, 2.75) is 23.8 Å². The maximum Gasteiger partial charge on any atom is 0.123 e. The molecule has 3 rings (SSSR count). The van der Waals surface area contributed by atoms with Crippen LogP contribution in [0, 0.1) is 0 Å². The van der Waals surface area contributed by atoms with Gasteiger partial charge in [0.2, 0.25) is 0 Å². The van der Waals surface area contributed by atoms with E-state index in [0.717, 1.165) is 18.0 Å². The Morgan fingerprint density at radius 3 is 2.79 bits per heavy atom. The third-order valence-electron chi connectivity index (χ3n) is 4.12. The molecular formula is C15H21NO2S. The summed E-state index contributed by atoms with van der Waals surface area (Å²) in [6.07, 6.45) is 1.66. The first-order chi connectivity index (χ1) is 9.24. The highest BCUT2D eigenvalue weighted by Gasteiger charge is 2.48. The molecule has 2 saturated heterocycles. The second-order valence-electron chi connectivity index (χ2n) is 5.51. The summed E-state index contributed by atoms with van der Waals surface area (Å²) in [5, 5.41) is 0. The first-order valence-electron chi connectivity index (χ1n) is 6.76. The van der Waals surface area contributed by atoms with Crippen LogP contribution in [0.5, 0.6) is 5.75 Å². The summed E-state index contributed by atoms with van der Waals surface area (Å²) in [5.74, 6) is 2.15. The molecule has 0 radical (unpaired) electrons. The van der Waals surface area contributed by atoms with Gasteiger partial charge in [0.05, 0.1) is 13.2 Å². The molecule has 0 bridgehead atoms. The Hall–Kier alpha value is -0.710. The van der Waals surface area contributed by atoms with E-state index < -0.39 is 0 Å². The normalized spacial score (nSPS) is 25.5. The van der Waals surface area contributed by atoms with Crippen molar-refractivity contribution in [2.24, 2.45) is 0 Å². The van der Waals surface area contributed by atoms with Gasteiger partial charge in [-0.15, -0.1) is 11.8 Å². The summed E-state index contributed by atoms with van der Waals surface area (Å²) in [4.78, 5) is 2.50. The molecule has 1 spiro atoms. The molecule has 1 atom stereocenters. The van der Waals surface area contributed by atoms with Crippen LogP contribution in [0.2, 0.25) is 0 Å². The van der Waals surface area contributed by atoms with E-state index in [0.29, 0.717) is 10.9 Å². The predicted molar refractivity (Wildman–Crippen MR) is 78.9 cm³/mol. The molecule has 0 saturated carbocycles. The van der Waals surface area contributed by atoms with Crippen LogP contribution in [0.4, 0.5) is 0 Å².